The van der Waals surface area contributed by atoms with Gasteiger partial charge in [-0.3, -0.25) is 14.3 Å². The summed E-state index contributed by atoms with van der Waals surface area (Å²) >= 11 is 0. The zero-order chi connectivity index (χ0) is 18.1. The van der Waals surface area contributed by atoms with Crippen LogP contribution in [-0.4, -0.2) is 86.8 Å². The van der Waals surface area contributed by atoms with Gasteiger partial charge in [-0.1, -0.05) is 0 Å². The lowest BCUT2D eigenvalue weighted by Crippen LogP contribution is -2.37. The van der Waals surface area contributed by atoms with Gasteiger partial charge in [-0.2, -0.15) is 4.98 Å². The fourth-order valence-electron chi connectivity index (χ4n) is 2.77. The Balaban J connectivity index is 1.94. The van der Waals surface area contributed by atoms with Crippen molar-refractivity contribution in [3.63, 3.8) is 0 Å². The third-order valence-electron chi connectivity index (χ3n) is 4.07. The Bertz CT molecular complexity index is 790. The predicted molar refractivity (Wildman–Crippen MR) is 87.9 cm³/mol. The molecule has 0 amide bonds. The van der Waals surface area contributed by atoms with Gasteiger partial charge in [0.1, 0.15) is 18.3 Å². The number of nitrogens with one attached hydrogen (secondary N) is 1. The number of hydrogen-bond donors (Lipinski definition) is 4. The van der Waals surface area contributed by atoms with Gasteiger partial charge < -0.3 is 30.3 Å². The van der Waals surface area contributed by atoms with E-state index in [2.05, 4.69) is 15.0 Å². The minimum absolute atomic E-state index is 0.0541. The van der Waals surface area contributed by atoms with Gasteiger partial charge in [-0.25, -0.2) is 4.98 Å². The molecule has 25 heavy (non-hydrogen) atoms. The first-order valence-corrected chi connectivity index (χ1v) is 7.85. The van der Waals surface area contributed by atoms with Crippen LogP contribution < -0.4 is 11.3 Å². The second-order valence-corrected chi connectivity index (χ2v) is 6.15. The van der Waals surface area contributed by atoms with Crippen LogP contribution in [-0.2, 0) is 9.47 Å². The summed E-state index contributed by atoms with van der Waals surface area (Å²) in [7, 11) is 3.81. The molecule has 11 heteroatoms. The highest BCUT2D eigenvalue weighted by atomic mass is 16.6. The maximum Gasteiger partial charge on any atom is 0.280 e. The molecule has 0 radical (unpaired) electrons. The topological polar surface area (TPSA) is 152 Å². The molecule has 0 saturated carbocycles. The minimum atomic E-state index is -1.03. The number of fused-ring (bicyclic) bond motifs is 1. The highest BCUT2D eigenvalue weighted by Gasteiger charge is 2.45. The molecule has 4 atom stereocenters. The molecule has 2 aromatic heterocycles. The Labute approximate surface area is 143 Å². The normalized spacial score (nSPS) is 26.8. The largest absolute Gasteiger partial charge is 0.394 e. The van der Waals surface area contributed by atoms with Gasteiger partial charge in [0, 0.05) is 6.54 Å². The SMILES string of the molecule is CN(C)CCO[C@@H]1[C@H](O)[C@@H](CO)O[C@H]1n1cnc2c(=O)[nH]c(N)nc21. The Hall–Kier alpha value is -2.05. The monoisotopic (exact) mass is 354 g/mol. The number of rotatable bonds is 6. The number of nitrogens with zero attached hydrogens (tertiary/aromatic N) is 4. The summed E-state index contributed by atoms with van der Waals surface area (Å²) in [5, 5.41) is 19.8. The third-order valence-corrected chi connectivity index (χ3v) is 4.07. The van der Waals surface area contributed by atoms with Crippen molar-refractivity contribution in [1.29, 1.82) is 0 Å². The number of likely N-dealkylation sites (N-methyl/N-ethyl adjacent to an activating group) is 1. The van der Waals surface area contributed by atoms with E-state index in [1.807, 2.05) is 19.0 Å². The summed E-state index contributed by atoms with van der Waals surface area (Å²) in [5.41, 5.74) is 5.46. The van der Waals surface area contributed by atoms with Crippen LogP contribution in [0.4, 0.5) is 5.95 Å². The smallest absolute Gasteiger partial charge is 0.280 e. The summed E-state index contributed by atoms with van der Waals surface area (Å²) in [6.45, 7) is 0.638. The number of imidazole rings is 1. The van der Waals surface area contributed by atoms with Gasteiger partial charge in [-0.05, 0) is 14.1 Å². The fraction of sp³-hybridized carbons (Fsp3) is 0.643. The summed E-state index contributed by atoms with van der Waals surface area (Å²) in [4.78, 5) is 24.4. The number of aliphatic hydroxyl groups excluding tert-OH is 2. The van der Waals surface area contributed by atoms with Crippen molar-refractivity contribution >= 4 is 17.1 Å². The second kappa shape index (κ2) is 7.06. The van der Waals surface area contributed by atoms with Gasteiger partial charge in [0.2, 0.25) is 5.95 Å². The van der Waals surface area contributed by atoms with Gasteiger partial charge >= 0.3 is 0 Å². The van der Waals surface area contributed by atoms with E-state index >= 15 is 0 Å². The average molecular weight is 354 g/mol. The van der Waals surface area contributed by atoms with Crippen LogP contribution in [0.3, 0.4) is 0 Å². The van der Waals surface area contributed by atoms with E-state index in [9.17, 15) is 15.0 Å². The van der Waals surface area contributed by atoms with Crippen molar-refractivity contribution < 1.29 is 19.7 Å². The average Bonchev–Trinajstić information content (AvgIpc) is 3.09. The predicted octanol–water partition coefficient (Wildman–Crippen LogP) is -2.10. The molecule has 1 aliphatic rings. The van der Waals surface area contributed by atoms with Crippen molar-refractivity contribution in [2.45, 2.75) is 24.5 Å². The lowest BCUT2D eigenvalue weighted by atomic mass is 10.1. The Morgan fingerprint density at radius 3 is 2.96 bits per heavy atom. The first-order chi connectivity index (χ1) is 11.9. The summed E-state index contributed by atoms with van der Waals surface area (Å²) in [5.74, 6) is -0.0541. The lowest BCUT2D eigenvalue weighted by Gasteiger charge is -2.23. The van der Waals surface area contributed by atoms with E-state index in [1.54, 1.807) is 0 Å². The Morgan fingerprint density at radius 2 is 2.28 bits per heavy atom. The molecule has 0 aliphatic carbocycles. The molecule has 138 valence electrons. The van der Waals surface area contributed by atoms with Crippen LogP contribution in [0.5, 0.6) is 0 Å². The number of aliphatic hydroxyl groups is 2. The molecular weight excluding hydrogens is 332 g/mol. The zero-order valence-corrected chi connectivity index (χ0v) is 14.0. The first-order valence-electron chi connectivity index (χ1n) is 7.85. The van der Waals surface area contributed by atoms with Crippen molar-refractivity contribution in [3.8, 4) is 0 Å². The van der Waals surface area contributed by atoms with E-state index in [4.69, 9.17) is 15.2 Å². The number of anilines is 1. The lowest BCUT2D eigenvalue weighted by molar-refractivity contribution is -0.0722. The van der Waals surface area contributed by atoms with Crippen molar-refractivity contribution in [2.75, 3.05) is 39.6 Å². The molecule has 3 rings (SSSR count). The van der Waals surface area contributed by atoms with Crippen LogP contribution >= 0.6 is 0 Å². The first kappa shape index (κ1) is 17.8. The van der Waals surface area contributed by atoms with Crippen LogP contribution in [0, 0.1) is 0 Å². The number of nitrogen functional groups attached to an aromatic ring is 1. The number of H-pyrrole nitrogens is 1. The van der Waals surface area contributed by atoms with Gasteiger partial charge in [0.25, 0.3) is 5.56 Å². The van der Waals surface area contributed by atoms with Crippen LogP contribution in [0.25, 0.3) is 11.2 Å². The van der Waals surface area contributed by atoms with Crippen molar-refractivity contribution in [3.05, 3.63) is 16.7 Å². The second-order valence-electron chi connectivity index (χ2n) is 6.15. The highest BCUT2D eigenvalue weighted by Crippen LogP contribution is 2.33. The van der Waals surface area contributed by atoms with Crippen molar-refractivity contribution in [2.24, 2.45) is 0 Å². The van der Waals surface area contributed by atoms with Gasteiger partial charge in [-0.15, -0.1) is 0 Å². The third kappa shape index (κ3) is 3.37. The molecule has 0 bridgehead atoms. The Morgan fingerprint density at radius 1 is 1.52 bits per heavy atom. The molecule has 1 saturated heterocycles. The van der Waals surface area contributed by atoms with Crippen molar-refractivity contribution in [1.82, 2.24) is 24.4 Å². The molecule has 1 fully saturated rings. The van der Waals surface area contributed by atoms with E-state index in [1.165, 1.54) is 10.9 Å². The van der Waals surface area contributed by atoms with Gasteiger partial charge in [0.05, 0.1) is 19.5 Å². The van der Waals surface area contributed by atoms with E-state index in [0.717, 1.165) is 0 Å². The van der Waals surface area contributed by atoms with E-state index in [-0.39, 0.29) is 23.7 Å². The standard InChI is InChI=1S/C14H22N6O5/c1-19(2)3-4-24-10-9(22)7(5-21)25-13(10)20-6-16-8-11(20)17-14(15)18-12(8)23/h6-7,9-10,13,21-22H,3-5H2,1-2H3,(H3,15,17,18,23)/t7-,9-,10-,13-/m1/s1. The summed E-state index contributed by atoms with van der Waals surface area (Å²) < 4.78 is 13.0. The minimum Gasteiger partial charge on any atom is -0.394 e. The number of aromatic amines is 1. The molecule has 0 unspecified atom stereocenters. The van der Waals surface area contributed by atoms with Crippen LogP contribution in [0.2, 0.25) is 0 Å². The van der Waals surface area contributed by atoms with Crippen LogP contribution in [0.1, 0.15) is 6.23 Å². The molecule has 1 aliphatic heterocycles. The maximum atomic E-state index is 11.9. The fourth-order valence-corrected chi connectivity index (χ4v) is 2.77. The number of aromatic nitrogens is 4. The summed E-state index contributed by atoms with van der Waals surface area (Å²) in [6.07, 6.45) is -2.02. The summed E-state index contributed by atoms with van der Waals surface area (Å²) in [6, 6.07) is 0. The molecule has 3 heterocycles. The highest BCUT2D eigenvalue weighted by molar-refractivity contribution is 5.70. The molecule has 11 nitrogen and oxygen atoms in total. The molecule has 2 aromatic rings. The molecular formula is C14H22N6O5. The molecule has 0 aromatic carbocycles. The number of nitrogens with two attached hydrogens (primary N) is 1. The quantitative estimate of drug-likeness (QED) is 0.457. The van der Waals surface area contributed by atoms with E-state index < -0.39 is 30.1 Å². The van der Waals surface area contributed by atoms with Crippen LogP contribution in [0.15, 0.2) is 11.1 Å². The van der Waals surface area contributed by atoms with E-state index in [0.29, 0.717) is 13.2 Å². The maximum absolute atomic E-state index is 11.9. The zero-order valence-electron chi connectivity index (χ0n) is 14.0. The molecule has 5 N–H and O–H groups in total. The van der Waals surface area contributed by atoms with Gasteiger partial charge in [0.15, 0.2) is 17.4 Å². The number of hydrogen-bond acceptors (Lipinski definition) is 9. The Kier molecular flexibility index (Phi) is 5.01. The molecule has 0 spiro atoms. The number of ether oxygens (including phenoxy) is 2.